The van der Waals surface area contributed by atoms with Crippen LogP contribution in [0, 0.1) is 5.41 Å². The van der Waals surface area contributed by atoms with Gasteiger partial charge in [-0.1, -0.05) is 18.2 Å². The zero-order valence-corrected chi connectivity index (χ0v) is 11.6. The van der Waals surface area contributed by atoms with Crippen LogP contribution in [0.25, 0.3) is 0 Å². The number of hydrogen-bond donors (Lipinski definition) is 3. The number of fused-ring (bicyclic) bond motifs is 1. The Morgan fingerprint density at radius 2 is 2.09 bits per heavy atom. The minimum absolute atomic E-state index is 0.0893. The third-order valence-electron chi connectivity index (χ3n) is 3.30. The fourth-order valence-electron chi connectivity index (χ4n) is 2.24. The number of carbonyl (C=O) groups is 2. The highest BCUT2D eigenvalue weighted by Gasteiger charge is 2.23. The van der Waals surface area contributed by atoms with Crippen molar-refractivity contribution in [1.29, 1.82) is 5.41 Å². The first-order chi connectivity index (χ1) is 10.5. The van der Waals surface area contributed by atoms with E-state index < -0.39 is 0 Å². The maximum absolute atomic E-state index is 12.1. The molecule has 1 heterocycles. The second-order valence-corrected chi connectivity index (χ2v) is 4.86. The van der Waals surface area contributed by atoms with E-state index in [0.717, 1.165) is 0 Å². The molecule has 0 fully saturated rings. The van der Waals surface area contributed by atoms with Crippen LogP contribution >= 0.6 is 0 Å². The molecule has 0 saturated heterocycles. The van der Waals surface area contributed by atoms with Gasteiger partial charge in [0.2, 0.25) is 0 Å². The summed E-state index contributed by atoms with van der Waals surface area (Å²) in [5.41, 5.74) is 6.90. The summed E-state index contributed by atoms with van der Waals surface area (Å²) in [6.07, 6.45) is 4.63. The number of rotatable bonds is 2. The number of para-hydroxylation sites is 2. The molecule has 0 aromatic heterocycles. The van der Waals surface area contributed by atoms with E-state index >= 15 is 0 Å². The first-order valence-electron chi connectivity index (χ1n) is 6.64. The molecule has 0 spiro atoms. The van der Waals surface area contributed by atoms with Crippen LogP contribution in [0.2, 0.25) is 0 Å². The molecule has 0 saturated carbocycles. The van der Waals surface area contributed by atoms with Gasteiger partial charge < -0.3 is 15.8 Å². The molecule has 22 heavy (non-hydrogen) atoms. The average Bonchev–Trinajstić information content (AvgIpc) is 2.49. The lowest BCUT2D eigenvalue weighted by Crippen LogP contribution is -2.24. The maximum Gasteiger partial charge on any atom is 0.291 e. The number of ketones is 1. The van der Waals surface area contributed by atoms with E-state index in [0.29, 0.717) is 22.6 Å². The number of nitrogens with one attached hydrogen (secondary N) is 2. The molecular weight excluding hydrogens is 282 g/mol. The van der Waals surface area contributed by atoms with E-state index in [1.165, 1.54) is 12.2 Å². The lowest BCUT2D eigenvalue weighted by Gasteiger charge is -2.20. The SMILES string of the molecule is N=C(N)C1=CC(=O)CC=C1C=C1Oc2ccccc2NC1=O. The lowest BCUT2D eigenvalue weighted by atomic mass is 9.95. The number of ether oxygens (including phenoxy) is 1. The number of hydrogen-bond acceptors (Lipinski definition) is 4. The van der Waals surface area contributed by atoms with Crippen LogP contribution in [0.15, 0.2) is 59.4 Å². The fraction of sp³-hybridized carbons (Fsp3) is 0.0625. The molecule has 1 aromatic carbocycles. The van der Waals surface area contributed by atoms with Gasteiger partial charge in [-0.2, -0.15) is 0 Å². The highest BCUT2D eigenvalue weighted by atomic mass is 16.5. The van der Waals surface area contributed by atoms with E-state index in [1.54, 1.807) is 30.3 Å². The van der Waals surface area contributed by atoms with E-state index in [4.69, 9.17) is 15.9 Å². The van der Waals surface area contributed by atoms with Crippen LogP contribution in [0.3, 0.4) is 0 Å². The monoisotopic (exact) mass is 295 g/mol. The van der Waals surface area contributed by atoms with Gasteiger partial charge in [0.15, 0.2) is 17.3 Å². The van der Waals surface area contributed by atoms with E-state index in [2.05, 4.69) is 5.32 Å². The number of nitrogens with two attached hydrogens (primary N) is 1. The Labute approximate surface area is 126 Å². The van der Waals surface area contributed by atoms with Gasteiger partial charge in [0.05, 0.1) is 5.69 Å². The Balaban J connectivity index is 1.96. The number of carbonyl (C=O) groups excluding carboxylic acids is 2. The molecule has 110 valence electrons. The Hall–Kier alpha value is -3.15. The molecule has 4 N–H and O–H groups in total. The van der Waals surface area contributed by atoms with E-state index in [-0.39, 0.29) is 29.7 Å². The Morgan fingerprint density at radius 1 is 1.32 bits per heavy atom. The van der Waals surface area contributed by atoms with Crippen molar-refractivity contribution in [3.05, 3.63) is 59.4 Å². The van der Waals surface area contributed by atoms with Crippen LogP contribution < -0.4 is 15.8 Å². The first-order valence-corrected chi connectivity index (χ1v) is 6.64. The van der Waals surface area contributed by atoms with Crippen molar-refractivity contribution < 1.29 is 14.3 Å². The number of allylic oxidation sites excluding steroid dienone is 3. The van der Waals surface area contributed by atoms with Gasteiger partial charge in [0.1, 0.15) is 5.84 Å². The Morgan fingerprint density at radius 3 is 2.86 bits per heavy atom. The van der Waals surface area contributed by atoms with Crippen molar-refractivity contribution in [1.82, 2.24) is 0 Å². The molecule has 0 bridgehead atoms. The molecule has 0 radical (unpaired) electrons. The Bertz CT molecular complexity index is 788. The zero-order valence-electron chi connectivity index (χ0n) is 11.6. The van der Waals surface area contributed by atoms with E-state index in [1.807, 2.05) is 0 Å². The maximum atomic E-state index is 12.1. The van der Waals surface area contributed by atoms with Gasteiger partial charge in [-0.15, -0.1) is 0 Å². The fourth-order valence-corrected chi connectivity index (χ4v) is 2.24. The number of amides is 1. The molecular formula is C16H13N3O3. The van der Waals surface area contributed by atoms with Gasteiger partial charge in [-0.3, -0.25) is 15.0 Å². The van der Waals surface area contributed by atoms with Gasteiger partial charge in [-0.05, 0) is 29.9 Å². The standard InChI is InChI=1S/C16H13N3O3/c17-15(18)11-8-10(20)6-5-9(11)7-14-16(21)19-12-3-1-2-4-13(12)22-14/h1-5,7-8H,6H2,(H3,17,18)(H,19,21). The number of anilines is 1. The predicted molar refractivity (Wildman–Crippen MR) is 81.5 cm³/mol. The van der Waals surface area contributed by atoms with Crippen molar-refractivity contribution in [3.63, 3.8) is 0 Å². The zero-order chi connectivity index (χ0) is 15.7. The van der Waals surface area contributed by atoms with E-state index in [9.17, 15) is 9.59 Å². The predicted octanol–water partition coefficient (Wildman–Crippen LogP) is 1.66. The summed E-state index contributed by atoms with van der Waals surface area (Å²) < 4.78 is 5.59. The summed E-state index contributed by atoms with van der Waals surface area (Å²) >= 11 is 0. The quantitative estimate of drug-likeness (QED) is 0.438. The topological polar surface area (TPSA) is 105 Å². The summed E-state index contributed by atoms with van der Waals surface area (Å²) in [4.78, 5) is 23.5. The van der Waals surface area contributed by atoms with Crippen molar-refractivity contribution in [2.75, 3.05) is 5.32 Å². The van der Waals surface area contributed by atoms with Crippen LogP contribution in [0.5, 0.6) is 5.75 Å². The minimum Gasteiger partial charge on any atom is -0.449 e. The second kappa shape index (κ2) is 5.33. The molecule has 1 aliphatic carbocycles. The number of benzene rings is 1. The summed E-state index contributed by atoms with van der Waals surface area (Å²) in [7, 11) is 0. The summed E-state index contributed by atoms with van der Waals surface area (Å²) in [5.74, 6) is -0.125. The smallest absolute Gasteiger partial charge is 0.291 e. The molecule has 2 aliphatic rings. The van der Waals surface area contributed by atoms with Gasteiger partial charge in [-0.25, -0.2) is 0 Å². The largest absolute Gasteiger partial charge is 0.449 e. The summed E-state index contributed by atoms with van der Waals surface area (Å²) in [6, 6.07) is 7.07. The molecule has 0 atom stereocenters. The Kier molecular flexibility index (Phi) is 3.34. The first kappa shape index (κ1) is 13.8. The molecule has 3 rings (SSSR count). The minimum atomic E-state index is -0.389. The molecule has 1 amide bonds. The molecule has 6 heteroatoms. The van der Waals surface area contributed by atoms with Crippen LogP contribution in [0.1, 0.15) is 6.42 Å². The average molecular weight is 295 g/mol. The normalized spacial score (nSPS) is 18.8. The van der Waals surface area contributed by atoms with Gasteiger partial charge in [0, 0.05) is 12.0 Å². The van der Waals surface area contributed by atoms with Crippen LogP contribution in [-0.4, -0.2) is 17.5 Å². The second-order valence-electron chi connectivity index (χ2n) is 4.86. The van der Waals surface area contributed by atoms with Crippen LogP contribution in [-0.2, 0) is 9.59 Å². The third-order valence-corrected chi connectivity index (χ3v) is 3.30. The third kappa shape index (κ3) is 2.54. The van der Waals surface area contributed by atoms with Crippen molar-refractivity contribution in [2.24, 2.45) is 5.73 Å². The van der Waals surface area contributed by atoms with Crippen molar-refractivity contribution >= 4 is 23.2 Å². The summed E-state index contributed by atoms with van der Waals surface area (Å²) in [5, 5.41) is 10.3. The van der Waals surface area contributed by atoms with Crippen molar-refractivity contribution in [2.45, 2.75) is 6.42 Å². The number of amidine groups is 1. The highest BCUT2D eigenvalue weighted by Crippen LogP contribution is 2.31. The molecule has 1 aliphatic heterocycles. The van der Waals surface area contributed by atoms with Crippen LogP contribution in [0.4, 0.5) is 5.69 Å². The van der Waals surface area contributed by atoms with Gasteiger partial charge in [0.25, 0.3) is 5.91 Å². The highest BCUT2D eigenvalue weighted by molar-refractivity contribution is 6.10. The molecule has 0 unspecified atom stereocenters. The summed E-state index contributed by atoms with van der Waals surface area (Å²) in [6.45, 7) is 0. The van der Waals surface area contributed by atoms with Crippen molar-refractivity contribution in [3.8, 4) is 5.75 Å². The van der Waals surface area contributed by atoms with Gasteiger partial charge >= 0.3 is 0 Å². The molecule has 6 nitrogen and oxygen atoms in total. The molecule has 1 aromatic rings. The lowest BCUT2D eigenvalue weighted by molar-refractivity contribution is -0.115.